The number of rotatable bonds is 6. The van der Waals surface area contributed by atoms with E-state index in [-0.39, 0.29) is 38.4 Å². The Morgan fingerprint density at radius 1 is 1.15 bits per heavy atom. The number of nitrogens with zero attached hydrogens (tertiary/aromatic N) is 1. The van der Waals surface area contributed by atoms with Crippen molar-refractivity contribution >= 4 is 56.2 Å². The van der Waals surface area contributed by atoms with Gasteiger partial charge in [0.1, 0.15) is 5.02 Å². The van der Waals surface area contributed by atoms with Crippen LogP contribution >= 0.6 is 23.2 Å². The first kappa shape index (κ1) is 20.0. The van der Waals surface area contributed by atoms with Gasteiger partial charge in [-0.2, -0.15) is 0 Å². The van der Waals surface area contributed by atoms with Gasteiger partial charge in [0.15, 0.2) is 0 Å². The predicted molar refractivity (Wildman–Crippen MR) is 101 cm³/mol. The molecule has 0 spiro atoms. The lowest BCUT2D eigenvalue weighted by Crippen LogP contribution is -2.15. The minimum absolute atomic E-state index is 0.0352. The summed E-state index contributed by atoms with van der Waals surface area (Å²) < 4.78 is 25.5. The van der Waals surface area contributed by atoms with Gasteiger partial charge in [-0.15, -0.1) is 0 Å². The highest BCUT2D eigenvalue weighted by Gasteiger charge is 2.17. The Balaban J connectivity index is 2.21. The molecule has 0 aromatic heterocycles. The van der Waals surface area contributed by atoms with Gasteiger partial charge < -0.3 is 5.32 Å². The number of amides is 1. The molecular weight excluding hydrogens is 405 g/mol. The van der Waals surface area contributed by atoms with Crippen LogP contribution in [0.3, 0.4) is 0 Å². The largest absolute Gasteiger partial charge is 0.322 e. The number of hydrogen-bond donors (Lipinski definition) is 2. The summed E-state index contributed by atoms with van der Waals surface area (Å²) in [5.74, 6) is -0.723. The molecule has 0 saturated heterocycles. The molecule has 0 radical (unpaired) electrons. The Hall–Kier alpha value is -2.36. The van der Waals surface area contributed by atoms with E-state index in [1.54, 1.807) is 0 Å². The molecule has 2 rings (SSSR count). The highest BCUT2D eigenvalue weighted by Crippen LogP contribution is 2.28. The zero-order valence-electron chi connectivity index (χ0n) is 13.3. The number of carbonyl (C=O) groups is 1. The van der Waals surface area contributed by atoms with Gasteiger partial charge in [0.2, 0.25) is 10.0 Å². The van der Waals surface area contributed by atoms with Gasteiger partial charge >= 0.3 is 0 Å². The molecule has 0 fully saturated rings. The SMILES string of the molecule is CCS(=O)(=O)Nc1ccc(NC(=O)c2ccc(Cl)c([N+](=O)[O-])c2)cc1Cl. The fourth-order valence-corrected chi connectivity index (χ4v) is 3.04. The number of sulfonamides is 1. The Morgan fingerprint density at radius 2 is 1.85 bits per heavy atom. The summed E-state index contributed by atoms with van der Waals surface area (Å²) in [6.07, 6.45) is 0. The highest BCUT2D eigenvalue weighted by atomic mass is 35.5. The fraction of sp³-hybridized carbons (Fsp3) is 0.133. The molecule has 2 aromatic rings. The van der Waals surface area contributed by atoms with Crippen LogP contribution in [0.1, 0.15) is 17.3 Å². The van der Waals surface area contributed by atoms with Crippen molar-refractivity contribution in [3.8, 4) is 0 Å². The van der Waals surface area contributed by atoms with Crippen LogP contribution in [0.2, 0.25) is 10.0 Å². The van der Waals surface area contributed by atoms with Gasteiger partial charge in [0, 0.05) is 17.3 Å². The molecule has 138 valence electrons. The van der Waals surface area contributed by atoms with Crippen LogP contribution in [0.4, 0.5) is 17.1 Å². The molecule has 1 amide bonds. The Kier molecular flexibility index (Phi) is 6.06. The first-order valence-electron chi connectivity index (χ1n) is 7.18. The van der Waals surface area contributed by atoms with E-state index < -0.39 is 20.9 Å². The third-order valence-electron chi connectivity index (χ3n) is 3.28. The summed E-state index contributed by atoms with van der Waals surface area (Å²) in [5, 5.41) is 13.4. The van der Waals surface area contributed by atoms with Crippen LogP contribution in [-0.4, -0.2) is 25.0 Å². The van der Waals surface area contributed by atoms with Crippen LogP contribution in [-0.2, 0) is 10.0 Å². The molecule has 0 aliphatic heterocycles. The summed E-state index contributed by atoms with van der Waals surface area (Å²) in [6, 6.07) is 7.86. The zero-order chi connectivity index (χ0) is 19.5. The van der Waals surface area contributed by atoms with E-state index >= 15 is 0 Å². The van der Waals surface area contributed by atoms with Gasteiger partial charge in [0.25, 0.3) is 11.6 Å². The van der Waals surface area contributed by atoms with Gasteiger partial charge in [-0.1, -0.05) is 23.2 Å². The summed E-state index contributed by atoms with van der Waals surface area (Å²) in [6.45, 7) is 1.48. The maximum absolute atomic E-state index is 12.2. The van der Waals surface area contributed by atoms with Crippen molar-refractivity contribution in [3.63, 3.8) is 0 Å². The second-order valence-corrected chi connectivity index (χ2v) is 7.90. The average Bonchev–Trinajstić information content (AvgIpc) is 2.57. The van der Waals surface area contributed by atoms with Crippen LogP contribution in [0.15, 0.2) is 36.4 Å². The number of nitro groups is 1. The van der Waals surface area contributed by atoms with E-state index in [1.807, 2.05) is 0 Å². The summed E-state index contributed by atoms with van der Waals surface area (Å²) in [5.41, 5.74) is 0.111. The van der Waals surface area contributed by atoms with E-state index in [0.717, 1.165) is 6.07 Å². The van der Waals surface area contributed by atoms with Gasteiger partial charge in [-0.3, -0.25) is 19.6 Å². The standard InChI is InChI=1S/C15H13Cl2N3O5S/c1-2-26(24,25)19-13-6-4-10(8-12(13)17)18-15(21)9-3-5-11(16)14(7-9)20(22)23/h3-8,19H,2H2,1H3,(H,18,21). The van der Waals surface area contributed by atoms with Crippen LogP contribution < -0.4 is 10.0 Å². The van der Waals surface area contributed by atoms with Crippen molar-refractivity contribution in [3.05, 3.63) is 62.1 Å². The molecule has 0 heterocycles. The predicted octanol–water partition coefficient (Wildman–Crippen LogP) is 3.92. The second-order valence-electron chi connectivity index (χ2n) is 5.08. The minimum Gasteiger partial charge on any atom is -0.322 e. The molecule has 0 unspecified atom stereocenters. The number of hydrogen-bond acceptors (Lipinski definition) is 5. The summed E-state index contributed by atoms with van der Waals surface area (Å²) in [7, 11) is -3.49. The smallest absolute Gasteiger partial charge is 0.288 e. The Labute approximate surface area is 159 Å². The lowest BCUT2D eigenvalue weighted by molar-refractivity contribution is -0.384. The molecule has 8 nitrogen and oxygen atoms in total. The van der Waals surface area contributed by atoms with Crippen LogP contribution in [0.25, 0.3) is 0 Å². The number of nitrogens with one attached hydrogen (secondary N) is 2. The normalized spacial score (nSPS) is 11.0. The van der Waals surface area contributed by atoms with Crippen molar-refractivity contribution in [2.75, 3.05) is 15.8 Å². The number of carbonyl (C=O) groups excluding carboxylic acids is 1. The van der Waals surface area contributed by atoms with E-state index in [2.05, 4.69) is 10.0 Å². The Morgan fingerprint density at radius 3 is 2.42 bits per heavy atom. The molecule has 2 N–H and O–H groups in total. The monoisotopic (exact) mass is 417 g/mol. The molecule has 11 heteroatoms. The lowest BCUT2D eigenvalue weighted by atomic mass is 10.2. The van der Waals surface area contributed by atoms with Crippen LogP contribution in [0, 0.1) is 10.1 Å². The third kappa shape index (κ3) is 4.84. The third-order valence-corrected chi connectivity index (χ3v) is 5.20. The number of benzene rings is 2. The Bertz CT molecular complexity index is 979. The van der Waals surface area contributed by atoms with Crippen molar-refractivity contribution in [2.24, 2.45) is 0 Å². The van der Waals surface area contributed by atoms with E-state index in [1.165, 1.54) is 37.3 Å². The maximum Gasteiger partial charge on any atom is 0.288 e. The van der Waals surface area contributed by atoms with E-state index in [4.69, 9.17) is 23.2 Å². The molecule has 0 aliphatic carbocycles. The molecular formula is C15H13Cl2N3O5S. The first-order valence-corrected chi connectivity index (χ1v) is 9.59. The van der Waals surface area contributed by atoms with E-state index in [9.17, 15) is 23.3 Å². The number of halogens is 2. The second kappa shape index (κ2) is 7.90. The molecule has 0 aliphatic rings. The first-order chi connectivity index (χ1) is 12.1. The van der Waals surface area contributed by atoms with Gasteiger partial charge in [-0.05, 0) is 37.3 Å². The van der Waals surface area contributed by atoms with Crippen molar-refractivity contribution in [1.82, 2.24) is 0 Å². The number of nitro benzene ring substituents is 1. The highest BCUT2D eigenvalue weighted by molar-refractivity contribution is 7.92. The molecule has 0 saturated carbocycles. The zero-order valence-corrected chi connectivity index (χ0v) is 15.7. The quantitative estimate of drug-likeness (QED) is 0.545. The van der Waals surface area contributed by atoms with Crippen LogP contribution in [0.5, 0.6) is 0 Å². The van der Waals surface area contributed by atoms with Crippen molar-refractivity contribution < 1.29 is 18.1 Å². The van der Waals surface area contributed by atoms with Crippen molar-refractivity contribution in [2.45, 2.75) is 6.92 Å². The summed E-state index contributed by atoms with van der Waals surface area (Å²) in [4.78, 5) is 22.4. The molecule has 2 aromatic carbocycles. The molecule has 26 heavy (non-hydrogen) atoms. The molecule has 0 bridgehead atoms. The average molecular weight is 418 g/mol. The molecule has 0 atom stereocenters. The number of anilines is 2. The lowest BCUT2D eigenvalue weighted by Gasteiger charge is -2.10. The maximum atomic E-state index is 12.2. The topological polar surface area (TPSA) is 118 Å². The van der Waals surface area contributed by atoms with Crippen molar-refractivity contribution in [1.29, 1.82) is 0 Å². The van der Waals surface area contributed by atoms with Gasteiger partial charge in [0.05, 0.1) is 21.4 Å². The van der Waals surface area contributed by atoms with Gasteiger partial charge in [-0.25, -0.2) is 8.42 Å². The minimum atomic E-state index is -3.49. The summed E-state index contributed by atoms with van der Waals surface area (Å²) >= 11 is 11.7. The fourth-order valence-electron chi connectivity index (χ4n) is 1.91. The van der Waals surface area contributed by atoms with E-state index in [0.29, 0.717) is 0 Å².